The first-order valence-corrected chi connectivity index (χ1v) is 12.7. The van der Waals surface area contributed by atoms with Crippen molar-refractivity contribution in [2.75, 3.05) is 5.32 Å². The van der Waals surface area contributed by atoms with Gasteiger partial charge in [0.1, 0.15) is 0 Å². The average molecular weight is 465 g/mol. The summed E-state index contributed by atoms with van der Waals surface area (Å²) < 4.78 is 2.37. The van der Waals surface area contributed by atoms with Crippen molar-refractivity contribution in [3.8, 4) is 16.8 Å². The molecule has 1 aliphatic carbocycles. The van der Waals surface area contributed by atoms with Crippen LogP contribution in [0.25, 0.3) is 38.6 Å². The topological polar surface area (TPSA) is 17.0 Å². The van der Waals surface area contributed by atoms with Gasteiger partial charge < -0.3 is 9.88 Å². The van der Waals surface area contributed by atoms with Crippen LogP contribution < -0.4 is 5.32 Å². The number of rotatable bonds is 2. The zero-order valence-corrected chi connectivity index (χ0v) is 20.6. The molecule has 7 rings (SSSR count). The fourth-order valence-corrected chi connectivity index (χ4v) is 5.94. The third kappa shape index (κ3) is 3.11. The number of para-hydroxylation sites is 2. The highest BCUT2D eigenvalue weighted by Crippen LogP contribution is 2.46. The van der Waals surface area contributed by atoms with Gasteiger partial charge in [0.25, 0.3) is 0 Å². The van der Waals surface area contributed by atoms with Gasteiger partial charge in [0, 0.05) is 33.3 Å². The van der Waals surface area contributed by atoms with Crippen LogP contribution in [0, 0.1) is 0 Å². The summed E-state index contributed by atoms with van der Waals surface area (Å²) in [7, 11) is 0. The SMILES string of the molecule is CC1(C)C2=CC=CCC=C2Nc2ccc(-c3ccc4c(c3)c3ccccc3n4-c3ccccc3)cc21. The quantitative estimate of drug-likeness (QED) is 0.276. The van der Waals surface area contributed by atoms with Gasteiger partial charge in [-0.3, -0.25) is 0 Å². The fourth-order valence-electron chi connectivity index (χ4n) is 5.94. The highest BCUT2D eigenvalue weighted by atomic mass is 15.0. The summed E-state index contributed by atoms with van der Waals surface area (Å²) in [4.78, 5) is 0. The minimum Gasteiger partial charge on any atom is -0.355 e. The lowest BCUT2D eigenvalue weighted by atomic mass is 9.72. The molecule has 0 saturated carbocycles. The molecule has 2 heteroatoms. The highest BCUT2D eigenvalue weighted by Gasteiger charge is 2.35. The maximum atomic E-state index is 3.70. The van der Waals surface area contributed by atoms with Gasteiger partial charge in [0.15, 0.2) is 0 Å². The third-order valence-electron chi connectivity index (χ3n) is 7.80. The molecule has 2 aliphatic rings. The van der Waals surface area contributed by atoms with Crippen molar-refractivity contribution in [3.63, 3.8) is 0 Å². The van der Waals surface area contributed by atoms with Crippen molar-refractivity contribution in [2.45, 2.75) is 25.7 Å². The van der Waals surface area contributed by atoms with E-state index in [1.54, 1.807) is 0 Å². The number of allylic oxidation sites excluding steroid dienone is 5. The Morgan fingerprint density at radius 2 is 1.50 bits per heavy atom. The van der Waals surface area contributed by atoms with Crippen LogP contribution in [0.4, 0.5) is 5.69 Å². The Morgan fingerprint density at radius 3 is 2.39 bits per heavy atom. The van der Waals surface area contributed by atoms with Gasteiger partial charge in [-0.15, -0.1) is 0 Å². The van der Waals surface area contributed by atoms with Crippen LogP contribution >= 0.6 is 0 Å². The van der Waals surface area contributed by atoms with Crippen LogP contribution in [0.5, 0.6) is 0 Å². The van der Waals surface area contributed by atoms with Crippen LogP contribution in [-0.4, -0.2) is 4.57 Å². The molecule has 0 unspecified atom stereocenters. The van der Waals surface area contributed by atoms with Crippen LogP contribution in [0.3, 0.4) is 0 Å². The average Bonchev–Trinajstić information content (AvgIpc) is 3.04. The van der Waals surface area contributed by atoms with Gasteiger partial charge in [-0.1, -0.05) is 86.7 Å². The lowest BCUT2D eigenvalue weighted by Crippen LogP contribution is -2.30. The number of benzene rings is 4. The maximum absolute atomic E-state index is 3.70. The van der Waals surface area contributed by atoms with E-state index in [0.29, 0.717) is 0 Å². The molecule has 1 aliphatic heterocycles. The van der Waals surface area contributed by atoms with Crippen LogP contribution in [0.15, 0.2) is 127 Å². The molecule has 4 aromatic carbocycles. The van der Waals surface area contributed by atoms with Crippen molar-refractivity contribution in [1.29, 1.82) is 0 Å². The van der Waals surface area contributed by atoms with E-state index in [-0.39, 0.29) is 5.41 Å². The Balaban J connectivity index is 1.41. The van der Waals surface area contributed by atoms with E-state index in [2.05, 4.69) is 139 Å². The maximum Gasteiger partial charge on any atom is 0.0541 e. The monoisotopic (exact) mass is 464 g/mol. The first kappa shape index (κ1) is 21.0. The number of fused-ring (bicyclic) bond motifs is 5. The van der Waals surface area contributed by atoms with Crippen LogP contribution in [0.2, 0.25) is 0 Å². The molecule has 5 aromatic rings. The zero-order chi connectivity index (χ0) is 24.3. The van der Waals surface area contributed by atoms with Gasteiger partial charge in [-0.25, -0.2) is 0 Å². The van der Waals surface area contributed by atoms with E-state index >= 15 is 0 Å². The molecule has 174 valence electrons. The molecule has 0 saturated heterocycles. The predicted molar refractivity (Wildman–Crippen MR) is 153 cm³/mol. The largest absolute Gasteiger partial charge is 0.355 e. The second-order valence-electron chi connectivity index (χ2n) is 10.3. The number of nitrogens with one attached hydrogen (secondary N) is 1. The molecule has 2 nitrogen and oxygen atoms in total. The van der Waals surface area contributed by atoms with Crippen molar-refractivity contribution in [1.82, 2.24) is 4.57 Å². The molecule has 2 heterocycles. The predicted octanol–water partition coefficient (Wildman–Crippen LogP) is 8.92. The molecule has 0 fully saturated rings. The van der Waals surface area contributed by atoms with Gasteiger partial charge in [0.05, 0.1) is 11.0 Å². The van der Waals surface area contributed by atoms with E-state index < -0.39 is 0 Å². The molecule has 0 atom stereocenters. The van der Waals surface area contributed by atoms with Crippen molar-refractivity contribution in [2.24, 2.45) is 0 Å². The lowest BCUT2D eigenvalue weighted by Gasteiger charge is -2.38. The number of hydrogen-bond acceptors (Lipinski definition) is 1. The highest BCUT2D eigenvalue weighted by molar-refractivity contribution is 6.10. The van der Waals surface area contributed by atoms with E-state index in [4.69, 9.17) is 0 Å². The summed E-state index contributed by atoms with van der Waals surface area (Å²) in [6.07, 6.45) is 9.93. The molecule has 0 spiro atoms. The summed E-state index contributed by atoms with van der Waals surface area (Å²) in [5, 5.41) is 6.26. The second kappa shape index (κ2) is 7.86. The summed E-state index contributed by atoms with van der Waals surface area (Å²) in [6, 6.07) is 33.1. The Kier molecular flexibility index (Phi) is 4.59. The Bertz CT molecular complexity index is 1740. The van der Waals surface area contributed by atoms with Gasteiger partial charge in [-0.05, 0) is 71.1 Å². The smallest absolute Gasteiger partial charge is 0.0541 e. The first-order chi connectivity index (χ1) is 17.6. The zero-order valence-electron chi connectivity index (χ0n) is 20.6. The molecule has 1 N–H and O–H groups in total. The van der Waals surface area contributed by atoms with Crippen LogP contribution in [-0.2, 0) is 5.41 Å². The Morgan fingerprint density at radius 1 is 0.750 bits per heavy atom. The summed E-state index contributed by atoms with van der Waals surface area (Å²) >= 11 is 0. The minimum atomic E-state index is -0.0788. The Labute approximate surface area is 211 Å². The van der Waals surface area contributed by atoms with E-state index in [9.17, 15) is 0 Å². The molecule has 36 heavy (non-hydrogen) atoms. The van der Waals surface area contributed by atoms with Crippen molar-refractivity contribution in [3.05, 3.63) is 132 Å². The molecule has 0 amide bonds. The van der Waals surface area contributed by atoms with E-state index in [1.807, 2.05) is 0 Å². The first-order valence-electron chi connectivity index (χ1n) is 12.7. The molecule has 1 aromatic heterocycles. The Hall–Kier alpha value is -4.30. The molecule has 0 bridgehead atoms. The standard InChI is InChI=1S/C34H28N2/c1-34(2)28-14-7-4-8-15-30(28)35-31-19-17-24(22-29(31)34)23-18-20-33-27(21-23)26-13-9-10-16-32(26)36(33)25-11-5-3-6-12-25/h3-7,9-22,35H,8H2,1-2H3. The summed E-state index contributed by atoms with van der Waals surface area (Å²) in [5.41, 5.74) is 11.2. The number of nitrogens with zero attached hydrogens (tertiary/aromatic N) is 1. The van der Waals surface area contributed by atoms with Gasteiger partial charge >= 0.3 is 0 Å². The summed E-state index contributed by atoms with van der Waals surface area (Å²) in [6.45, 7) is 4.68. The normalized spacial score (nSPS) is 16.1. The number of aromatic nitrogens is 1. The molecule has 0 radical (unpaired) electrons. The number of hydrogen-bond donors (Lipinski definition) is 1. The van der Waals surface area contributed by atoms with E-state index in [1.165, 1.54) is 61.1 Å². The second-order valence-corrected chi connectivity index (χ2v) is 10.3. The third-order valence-corrected chi connectivity index (χ3v) is 7.80. The van der Waals surface area contributed by atoms with Gasteiger partial charge in [-0.2, -0.15) is 0 Å². The molecular formula is C34H28N2. The fraction of sp³-hybridized carbons (Fsp3) is 0.118. The lowest BCUT2D eigenvalue weighted by molar-refractivity contribution is 0.623. The van der Waals surface area contributed by atoms with Crippen LogP contribution in [0.1, 0.15) is 25.8 Å². The number of anilines is 1. The summed E-state index contributed by atoms with van der Waals surface area (Å²) in [5.74, 6) is 0. The van der Waals surface area contributed by atoms with Gasteiger partial charge in [0.2, 0.25) is 0 Å². The van der Waals surface area contributed by atoms with Crippen molar-refractivity contribution < 1.29 is 0 Å². The minimum absolute atomic E-state index is 0.0788. The van der Waals surface area contributed by atoms with E-state index in [0.717, 1.165) is 6.42 Å². The molecular weight excluding hydrogens is 436 g/mol. The van der Waals surface area contributed by atoms with Crippen molar-refractivity contribution >= 4 is 27.5 Å².